The lowest BCUT2D eigenvalue weighted by molar-refractivity contribution is -0.215. The maximum atomic E-state index is 14.6. The van der Waals surface area contributed by atoms with Gasteiger partial charge in [0.25, 0.3) is 5.91 Å². The number of fused-ring (bicyclic) bond motifs is 6. The molecule has 0 saturated heterocycles. The lowest BCUT2D eigenvalue weighted by Crippen LogP contribution is -2.57. The van der Waals surface area contributed by atoms with E-state index in [1.165, 1.54) is 12.1 Å². The number of amides is 6. The van der Waals surface area contributed by atoms with E-state index in [0.717, 1.165) is 44.3 Å². The fourth-order valence-corrected chi connectivity index (χ4v) is 11.8. The SMILES string of the molecule is NC(=O)CC[C@@H]1NC(=O)/C=C\C(=O)NNCCCCC(C(=O)COCCOCCOOc2ccc3c(c2)Oc2cc(O)ccc2C32OC(=O)c3ccccc32)NCCCCNC(=O)[C@@H](Cc2ccc(C(=O)c3ccccc3)cc2)NC(=O)[C@H](CC2CCCCC2)NC1=O. The number of benzene rings is 5. The maximum absolute atomic E-state index is 14.6. The second-order valence-electron chi connectivity index (χ2n) is 23.4. The van der Waals surface area contributed by atoms with Crippen molar-refractivity contribution >= 4 is 53.0 Å². The van der Waals surface area contributed by atoms with Crippen molar-refractivity contribution in [2.45, 2.75) is 120 Å². The quantitative estimate of drug-likeness (QED) is 0.0158. The van der Waals surface area contributed by atoms with E-state index in [0.29, 0.717) is 101 Å². The van der Waals surface area contributed by atoms with Gasteiger partial charge in [-0.15, -0.1) is 0 Å². The highest BCUT2D eigenvalue weighted by atomic mass is 17.2. The van der Waals surface area contributed by atoms with Gasteiger partial charge in [-0.05, 0) is 86.9 Å². The predicted octanol–water partition coefficient (Wildman–Crippen LogP) is 5.25. The number of hydrogen-bond acceptors (Lipinski definition) is 18. The lowest BCUT2D eigenvalue weighted by atomic mass is 9.77. The van der Waals surface area contributed by atoms with Gasteiger partial charge >= 0.3 is 5.97 Å². The Morgan fingerprint density at radius 1 is 0.613 bits per heavy atom. The number of carbonyl (C=O) groups excluding carboxylic acids is 9. The Bertz CT molecular complexity index is 3490. The second-order valence-corrected chi connectivity index (χ2v) is 23.4. The minimum atomic E-state index is -1.33. The molecule has 9 rings (SSSR count). The number of ether oxygens (including phenoxy) is 4. The van der Waals surface area contributed by atoms with E-state index in [4.69, 9.17) is 34.5 Å². The van der Waals surface area contributed by atoms with E-state index in [2.05, 4.69) is 37.4 Å². The Kier molecular flexibility index (Phi) is 24.8. The van der Waals surface area contributed by atoms with Crippen LogP contribution in [0.3, 0.4) is 0 Å². The molecule has 492 valence electrons. The summed E-state index contributed by atoms with van der Waals surface area (Å²) >= 11 is 0. The van der Waals surface area contributed by atoms with E-state index >= 15 is 0 Å². The summed E-state index contributed by atoms with van der Waals surface area (Å²) in [6.45, 7) is 1.11. The van der Waals surface area contributed by atoms with Crippen LogP contribution in [0.4, 0.5) is 0 Å². The third-order valence-electron chi connectivity index (χ3n) is 16.6. The van der Waals surface area contributed by atoms with Crippen LogP contribution >= 0.6 is 0 Å². The second kappa shape index (κ2) is 33.8. The molecular formula is C69H80N8O16. The van der Waals surface area contributed by atoms with Crippen LogP contribution in [0.15, 0.2) is 127 Å². The molecule has 4 aliphatic rings. The van der Waals surface area contributed by atoms with Gasteiger partial charge in [0.15, 0.2) is 22.9 Å². The molecule has 0 bridgehead atoms. The molecule has 3 heterocycles. The monoisotopic (exact) mass is 1280 g/mol. The highest BCUT2D eigenvalue weighted by Crippen LogP contribution is 2.57. The minimum absolute atomic E-state index is 0.0239. The summed E-state index contributed by atoms with van der Waals surface area (Å²) < 4.78 is 23.8. The van der Waals surface area contributed by atoms with Crippen molar-refractivity contribution in [2.24, 2.45) is 11.7 Å². The first kappa shape index (κ1) is 68.0. The summed E-state index contributed by atoms with van der Waals surface area (Å²) in [6, 6.07) is 28.1. The summed E-state index contributed by atoms with van der Waals surface area (Å²) in [5.74, 6) is -4.01. The minimum Gasteiger partial charge on any atom is -0.508 e. The number of rotatable bonds is 20. The first-order valence-corrected chi connectivity index (χ1v) is 31.7. The number of nitrogens with one attached hydrogen (secondary N) is 7. The zero-order valence-electron chi connectivity index (χ0n) is 51.7. The molecule has 2 unspecified atom stereocenters. The highest BCUT2D eigenvalue weighted by molar-refractivity contribution is 6.09. The van der Waals surface area contributed by atoms with Crippen LogP contribution in [0, 0.1) is 5.92 Å². The average molecular weight is 1280 g/mol. The molecule has 1 fully saturated rings. The highest BCUT2D eigenvalue weighted by Gasteiger charge is 2.53. The van der Waals surface area contributed by atoms with Crippen LogP contribution in [-0.4, -0.2) is 135 Å². The molecule has 1 aliphatic carbocycles. The molecule has 5 aromatic carbocycles. The number of esters is 1. The first-order chi connectivity index (χ1) is 45.1. The van der Waals surface area contributed by atoms with Crippen molar-refractivity contribution in [2.75, 3.05) is 52.7 Å². The number of hydrogen-bond donors (Lipinski definition) is 9. The number of phenolic OH excluding ortho intramolecular Hbond substituents is 1. The summed E-state index contributed by atoms with van der Waals surface area (Å²) in [7, 11) is 0. The fraction of sp³-hybridized carbons (Fsp3) is 0.406. The van der Waals surface area contributed by atoms with Gasteiger partial charge in [0, 0.05) is 78.0 Å². The number of aromatic hydroxyl groups is 1. The summed E-state index contributed by atoms with van der Waals surface area (Å²) in [6.07, 6.45) is 8.78. The topological polar surface area (TPSA) is 339 Å². The summed E-state index contributed by atoms with van der Waals surface area (Å²) in [5.41, 5.74) is 13.2. The third kappa shape index (κ3) is 18.9. The van der Waals surface area contributed by atoms with E-state index in [1.54, 1.807) is 84.9 Å². The van der Waals surface area contributed by atoms with Crippen LogP contribution in [0.1, 0.15) is 132 Å². The smallest absolute Gasteiger partial charge is 0.340 e. The Morgan fingerprint density at radius 2 is 1.28 bits per heavy atom. The van der Waals surface area contributed by atoms with Gasteiger partial charge in [-0.25, -0.2) is 10.2 Å². The van der Waals surface area contributed by atoms with E-state index < -0.39 is 71.2 Å². The summed E-state index contributed by atoms with van der Waals surface area (Å²) in [4.78, 5) is 132. The van der Waals surface area contributed by atoms with Crippen molar-refractivity contribution < 1.29 is 77.0 Å². The average Bonchev–Trinajstić information content (AvgIpc) is 1.61. The van der Waals surface area contributed by atoms with Crippen LogP contribution in [-0.2, 0) is 64.7 Å². The van der Waals surface area contributed by atoms with E-state index in [-0.39, 0.29) is 88.5 Å². The number of phenols is 1. The molecule has 0 aromatic heterocycles. The maximum Gasteiger partial charge on any atom is 0.340 e. The van der Waals surface area contributed by atoms with Crippen LogP contribution in [0.2, 0.25) is 0 Å². The van der Waals surface area contributed by atoms with Crippen molar-refractivity contribution in [3.63, 3.8) is 0 Å². The van der Waals surface area contributed by atoms with Gasteiger partial charge in [-0.2, -0.15) is 4.89 Å². The molecule has 6 amide bonds. The van der Waals surface area contributed by atoms with Gasteiger partial charge < -0.3 is 61.3 Å². The molecule has 3 aliphatic heterocycles. The molecule has 5 aromatic rings. The van der Waals surface area contributed by atoms with Crippen LogP contribution < -0.4 is 52.8 Å². The van der Waals surface area contributed by atoms with Gasteiger partial charge in [0.1, 0.15) is 48.6 Å². The normalized spacial score (nSPS) is 21.6. The number of hydrazine groups is 1. The predicted molar refractivity (Wildman–Crippen MR) is 338 cm³/mol. The number of ketones is 2. The van der Waals surface area contributed by atoms with Gasteiger partial charge in [0.2, 0.25) is 29.5 Å². The molecule has 1 saturated carbocycles. The number of primary amides is 1. The van der Waals surface area contributed by atoms with Crippen molar-refractivity contribution in [3.8, 4) is 23.0 Å². The Hall–Kier alpha value is -9.33. The van der Waals surface area contributed by atoms with E-state index in [9.17, 15) is 48.3 Å². The van der Waals surface area contributed by atoms with Crippen LogP contribution in [0.5, 0.6) is 23.0 Å². The molecule has 93 heavy (non-hydrogen) atoms. The number of nitrogens with two attached hydrogens (primary N) is 1. The zero-order valence-corrected chi connectivity index (χ0v) is 51.7. The van der Waals surface area contributed by atoms with Gasteiger partial charge in [-0.3, -0.25) is 43.8 Å². The van der Waals surface area contributed by atoms with Crippen molar-refractivity contribution in [1.29, 1.82) is 0 Å². The lowest BCUT2D eigenvalue weighted by Gasteiger charge is -2.36. The Labute approximate surface area is 538 Å². The first-order valence-electron chi connectivity index (χ1n) is 31.7. The van der Waals surface area contributed by atoms with Crippen molar-refractivity contribution in [1.82, 2.24) is 37.4 Å². The van der Waals surface area contributed by atoms with Crippen LogP contribution in [0.25, 0.3) is 0 Å². The van der Waals surface area contributed by atoms with E-state index in [1.807, 2.05) is 18.2 Å². The van der Waals surface area contributed by atoms with Gasteiger partial charge in [0.05, 0.1) is 31.4 Å². The standard InChI is InChI=1S/C69H80N8O16/c70-61(80)29-28-55-66(85)76-57(39-44-13-3-1-4-14-44)67(86)75-56(40-45-20-22-47(23-21-45)64(83)46-15-5-2-6-16-46)65(84)72-33-12-11-32-71-54(19-9-10-34-73-77-63(82)31-30-62(81)74-55)58(79)43-89-36-35-88-37-38-90-93-49-25-27-53-60(42-49)91-59-41-48(78)24-26-52(59)69(53)51-18-8-7-17-50(51)68(87)92-69/h2,5-8,15-18,20-27,30-31,41-42,44,54-57,71,73,78H,1,3-4,9-14,19,28-29,32-40,43H2,(H2,70,80)(H,72,84)(H,74,81)(H,75,86)(H,76,85)(H,77,82)/b31-30-/t54?,55-,56+,57-,69?/m0/s1. The molecule has 24 heteroatoms. The molecular weight excluding hydrogens is 1200 g/mol. The zero-order chi connectivity index (χ0) is 65.5. The molecule has 1 spiro atoms. The van der Waals surface area contributed by atoms with Crippen molar-refractivity contribution in [3.05, 3.63) is 166 Å². The molecule has 10 N–H and O–H groups in total. The number of carbonyl (C=O) groups is 9. The molecule has 5 atom stereocenters. The fourth-order valence-electron chi connectivity index (χ4n) is 11.8. The third-order valence-corrected chi connectivity index (χ3v) is 16.6. The Balaban J connectivity index is 0.789. The molecule has 24 nitrogen and oxygen atoms in total. The largest absolute Gasteiger partial charge is 0.508 e. The summed E-state index contributed by atoms with van der Waals surface area (Å²) in [5, 5.41) is 24.9. The Morgan fingerprint density at radius 3 is 2.08 bits per heavy atom. The number of Topliss-reactive ketones (excluding diaryl/α,β-unsaturated/α-hetero) is 1. The van der Waals surface area contributed by atoms with Gasteiger partial charge in [-0.1, -0.05) is 111 Å². The molecule has 0 radical (unpaired) electrons.